The second-order valence-corrected chi connectivity index (χ2v) is 4.24. The number of aryl methyl sites for hydroxylation is 1. The first-order valence-electron chi connectivity index (χ1n) is 5.29. The molecule has 0 unspecified atom stereocenters. The minimum Gasteiger partial charge on any atom is -0.324 e. The molecule has 0 spiro atoms. The summed E-state index contributed by atoms with van der Waals surface area (Å²) in [6.07, 6.45) is -3.90. The van der Waals surface area contributed by atoms with E-state index in [1.54, 1.807) is 12.1 Å². The van der Waals surface area contributed by atoms with Gasteiger partial charge in [-0.25, -0.2) is 9.97 Å². The molecular formula is C12H9ClF3N3. The van der Waals surface area contributed by atoms with Crippen LogP contribution >= 0.6 is 11.6 Å². The molecule has 0 radical (unpaired) electrons. The molecule has 0 aliphatic heterocycles. The van der Waals surface area contributed by atoms with Crippen molar-refractivity contribution in [2.45, 2.75) is 13.1 Å². The Morgan fingerprint density at radius 2 is 1.79 bits per heavy atom. The fourth-order valence-electron chi connectivity index (χ4n) is 1.38. The maximum absolute atomic E-state index is 12.5. The largest absolute Gasteiger partial charge is 0.420 e. The molecule has 0 bridgehead atoms. The number of hydrogen-bond acceptors (Lipinski definition) is 3. The van der Waals surface area contributed by atoms with Gasteiger partial charge in [-0.05, 0) is 19.1 Å². The number of benzene rings is 1. The van der Waals surface area contributed by atoms with Gasteiger partial charge in [0, 0.05) is 11.9 Å². The summed E-state index contributed by atoms with van der Waals surface area (Å²) < 4.78 is 37.4. The van der Waals surface area contributed by atoms with Crippen molar-refractivity contribution in [3.63, 3.8) is 0 Å². The maximum atomic E-state index is 12.5. The SMILES string of the molecule is Cc1ccc(Nc2ncc(C(F)(F)F)c(Cl)n2)cc1. The molecule has 2 rings (SSSR count). The molecule has 2 aromatic rings. The lowest BCUT2D eigenvalue weighted by molar-refractivity contribution is -0.137. The topological polar surface area (TPSA) is 37.8 Å². The highest BCUT2D eigenvalue weighted by atomic mass is 35.5. The number of aromatic nitrogens is 2. The Kier molecular flexibility index (Phi) is 3.61. The van der Waals surface area contributed by atoms with Gasteiger partial charge in [-0.3, -0.25) is 0 Å². The first-order chi connectivity index (χ1) is 8.86. The highest BCUT2D eigenvalue weighted by Crippen LogP contribution is 2.33. The Labute approximate surface area is 112 Å². The molecule has 100 valence electrons. The van der Waals surface area contributed by atoms with E-state index < -0.39 is 16.9 Å². The summed E-state index contributed by atoms with van der Waals surface area (Å²) in [5, 5.41) is 2.15. The molecule has 0 saturated heterocycles. The third kappa shape index (κ3) is 3.35. The molecule has 1 heterocycles. The number of nitrogens with zero attached hydrogens (tertiary/aromatic N) is 2. The molecule has 0 aliphatic carbocycles. The molecular weight excluding hydrogens is 279 g/mol. The van der Waals surface area contributed by atoms with Crippen molar-refractivity contribution in [2.75, 3.05) is 5.32 Å². The van der Waals surface area contributed by atoms with Gasteiger partial charge in [-0.2, -0.15) is 13.2 Å². The monoisotopic (exact) mass is 287 g/mol. The van der Waals surface area contributed by atoms with Gasteiger partial charge in [0.15, 0.2) is 0 Å². The van der Waals surface area contributed by atoms with Crippen LogP contribution in [0.15, 0.2) is 30.5 Å². The van der Waals surface area contributed by atoms with Crippen molar-refractivity contribution in [1.29, 1.82) is 0 Å². The summed E-state index contributed by atoms with van der Waals surface area (Å²) in [6, 6.07) is 7.25. The van der Waals surface area contributed by atoms with E-state index >= 15 is 0 Å². The number of anilines is 2. The van der Waals surface area contributed by atoms with Gasteiger partial charge in [0.25, 0.3) is 0 Å². The fourth-order valence-corrected chi connectivity index (χ4v) is 1.61. The fraction of sp³-hybridized carbons (Fsp3) is 0.167. The van der Waals surface area contributed by atoms with Gasteiger partial charge in [0.2, 0.25) is 5.95 Å². The highest BCUT2D eigenvalue weighted by Gasteiger charge is 2.34. The summed E-state index contributed by atoms with van der Waals surface area (Å²) in [4.78, 5) is 7.18. The van der Waals surface area contributed by atoms with Gasteiger partial charge in [0.05, 0.1) is 0 Å². The van der Waals surface area contributed by atoms with E-state index in [-0.39, 0.29) is 5.95 Å². The molecule has 1 aromatic heterocycles. The molecule has 0 saturated carbocycles. The number of halogens is 4. The molecule has 1 N–H and O–H groups in total. The lowest BCUT2D eigenvalue weighted by Gasteiger charge is -2.09. The van der Waals surface area contributed by atoms with Crippen molar-refractivity contribution in [3.8, 4) is 0 Å². The van der Waals surface area contributed by atoms with E-state index in [1.807, 2.05) is 19.1 Å². The van der Waals surface area contributed by atoms with Gasteiger partial charge in [0.1, 0.15) is 10.7 Å². The van der Waals surface area contributed by atoms with Crippen LogP contribution in [0, 0.1) is 6.92 Å². The summed E-state index contributed by atoms with van der Waals surface area (Å²) in [5.74, 6) is 0.0156. The van der Waals surface area contributed by atoms with Crippen LogP contribution in [0.2, 0.25) is 5.15 Å². The number of nitrogens with one attached hydrogen (secondary N) is 1. The second kappa shape index (κ2) is 5.05. The van der Waals surface area contributed by atoms with Crippen LogP contribution in [0.1, 0.15) is 11.1 Å². The Morgan fingerprint density at radius 3 is 2.32 bits per heavy atom. The molecule has 1 aromatic carbocycles. The second-order valence-electron chi connectivity index (χ2n) is 3.89. The van der Waals surface area contributed by atoms with Crippen LogP contribution in [0.4, 0.5) is 24.8 Å². The Hall–Kier alpha value is -1.82. The molecule has 0 fully saturated rings. The molecule has 0 atom stereocenters. The summed E-state index contributed by atoms with van der Waals surface area (Å²) in [5.41, 5.74) is 0.682. The lowest BCUT2D eigenvalue weighted by atomic mass is 10.2. The quantitative estimate of drug-likeness (QED) is 0.841. The molecule has 19 heavy (non-hydrogen) atoms. The number of rotatable bonds is 2. The van der Waals surface area contributed by atoms with Gasteiger partial charge < -0.3 is 5.32 Å². The third-order valence-electron chi connectivity index (χ3n) is 2.36. The first kappa shape index (κ1) is 13.6. The van der Waals surface area contributed by atoms with E-state index in [4.69, 9.17) is 11.6 Å². The van der Waals surface area contributed by atoms with Crippen molar-refractivity contribution >= 4 is 23.2 Å². The van der Waals surface area contributed by atoms with Crippen LogP contribution in [0.3, 0.4) is 0 Å². The van der Waals surface area contributed by atoms with E-state index in [1.165, 1.54) is 0 Å². The zero-order chi connectivity index (χ0) is 14.0. The minimum atomic E-state index is -4.56. The zero-order valence-electron chi connectivity index (χ0n) is 9.79. The van der Waals surface area contributed by atoms with Crippen molar-refractivity contribution < 1.29 is 13.2 Å². The Morgan fingerprint density at radius 1 is 1.16 bits per heavy atom. The smallest absolute Gasteiger partial charge is 0.324 e. The number of alkyl halides is 3. The third-order valence-corrected chi connectivity index (χ3v) is 2.64. The summed E-state index contributed by atoms with van der Waals surface area (Å²) in [7, 11) is 0. The first-order valence-corrected chi connectivity index (χ1v) is 5.67. The highest BCUT2D eigenvalue weighted by molar-refractivity contribution is 6.30. The number of hydrogen-bond donors (Lipinski definition) is 1. The van der Waals surface area contributed by atoms with Gasteiger partial charge in [-0.1, -0.05) is 29.3 Å². The predicted molar refractivity (Wildman–Crippen MR) is 66.5 cm³/mol. The molecule has 3 nitrogen and oxygen atoms in total. The summed E-state index contributed by atoms with van der Waals surface area (Å²) in [6.45, 7) is 1.93. The molecule has 0 aliphatic rings. The molecule has 0 amide bonds. The average molecular weight is 288 g/mol. The summed E-state index contributed by atoms with van der Waals surface area (Å²) >= 11 is 5.49. The predicted octanol–water partition coefficient (Wildman–Crippen LogP) is 4.20. The van der Waals surface area contributed by atoms with Gasteiger partial charge >= 0.3 is 6.18 Å². The molecule has 7 heteroatoms. The van der Waals surface area contributed by atoms with Crippen molar-refractivity contribution in [2.24, 2.45) is 0 Å². The maximum Gasteiger partial charge on any atom is 0.420 e. The van der Waals surface area contributed by atoms with Crippen LogP contribution in [-0.2, 0) is 6.18 Å². The van der Waals surface area contributed by atoms with Crippen LogP contribution in [-0.4, -0.2) is 9.97 Å². The van der Waals surface area contributed by atoms with Crippen molar-refractivity contribution in [3.05, 3.63) is 46.7 Å². The minimum absolute atomic E-state index is 0.0156. The van der Waals surface area contributed by atoms with Crippen molar-refractivity contribution in [1.82, 2.24) is 9.97 Å². The van der Waals surface area contributed by atoms with E-state index in [9.17, 15) is 13.2 Å². The van der Waals surface area contributed by atoms with Crippen LogP contribution in [0.25, 0.3) is 0 Å². The standard InChI is InChI=1S/C12H9ClF3N3/c1-7-2-4-8(5-3-7)18-11-17-6-9(10(13)19-11)12(14,15)16/h2-6H,1H3,(H,17,18,19). The van der Waals surface area contributed by atoms with E-state index in [0.29, 0.717) is 11.9 Å². The zero-order valence-corrected chi connectivity index (χ0v) is 10.5. The lowest BCUT2D eigenvalue weighted by Crippen LogP contribution is -2.09. The van der Waals surface area contributed by atoms with E-state index in [2.05, 4.69) is 15.3 Å². The average Bonchev–Trinajstić information content (AvgIpc) is 2.30. The van der Waals surface area contributed by atoms with Crippen LogP contribution < -0.4 is 5.32 Å². The normalized spacial score (nSPS) is 11.4. The Balaban J connectivity index is 2.23. The van der Waals surface area contributed by atoms with Gasteiger partial charge in [-0.15, -0.1) is 0 Å². The van der Waals surface area contributed by atoms with E-state index in [0.717, 1.165) is 5.56 Å². The van der Waals surface area contributed by atoms with Crippen LogP contribution in [0.5, 0.6) is 0 Å². The Bertz CT molecular complexity index is 582.